The Labute approximate surface area is 222 Å². The maximum atomic E-state index is 13.0. The Bertz CT molecular complexity index is 1260. The third-order valence-corrected chi connectivity index (χ3v) is 6.72. The van der Waals surface area contributed by atoms with Crippen LogP contribution in [0, 0.1) is 5.92 Å². The molecule has 0 heterocycles. The van der Waals surface area contributed by atoms with Gasteiger partial charge in [0.1, 0.15) is 18.7 Å². The van der Waals surface area contributed by atoms with Gasteiger partial charge in [0.15, 0.2) is 0 Å². The SMILES string of the molecule is CC(NC(=O)C(NC(=O)OCC1c2ccccc2-c2ccccc21)C(C)C)C(=O)Nc1ccc(CO)cc1. The van der Waals surface area contributed by atoms with E-state index >= 15 is 0 Å². The second-order valence-electron chi connectivity index (χ2n) is 9.77. The van der Waals surface area contributed by atoms with Crippen LogP contribution in [0.5, 0.6) is 0 Å². The molecule has 8 nitrogen and oxygen atoms in total. The van der Waals surface area contributed by atoms with Crippen LogP contribution in [0.3, 0.4) is 0 Å². The van der Waals surface area contributed by atoms with Gasteiger partial charge >= 0.3 is 6.09 Å². The molecule has 8 heteroatoms. The summed E-state index contributed by atoms with van der Waals surface area (Å²) in [6.45, 7) is 5.23. The molecule has 0 fully saturated rings. The molecule has 0 saturated carbocycles. The van der Waals surface area contributed by atoms with Crippen molar-refractivity contribution in [1.29, 1.82) is 0 Å². The standard InChI is InChI=1S/C30H33N3O5/c1-18(2)27(29(36)31-19(3)28(35)32-21-14-12-20(16-34)13-15-21)33-30(37)38-17-26-24-10-6-4-8-22(24)23-9-5-7-11-25(23)26/h4-15,18-19,26-27,34H,16-17H2,1-3H3,(H,31,36)(H,32,35)(H,33,37). The number of ether oxygens (including phenoxy) is 1. The van der Waals surface area contributed by atoms with Crippen molar-refractivity contribution in [3.05, 3.63) is 89.5 Å². The van der Waals surface area contributed by atoms with Gasteiger partial charge in [-0.3, -0.25) is 9.59 Å². The summed E-state index contributed by atoms with van der Waals surface area (Å²) >= 11 is 0. The maximum Gasteiger partial charge on any atom is 0.407 e. The summed E-state index contributed by atoms with van der Waals surface area (Å²) < 4.78 is 5.59. The van der Waals surface area contributed by atoms with Crippen LogP contribution in [0.25, 0.3) is 11.1 Å². The van der Waals surface area contributed by atoms with E-state index in [1.54, 1.807) is 45.0 Å². The molecule has 38 heavy (non-hydrogen) atoms. The molecule has 2 atom stereocenters. The molecule has 3 amide bonds. The van der Waals surface area contributed by atoms with E-state index in [0.717, 1.165) is 27.8 Å². The second-order valence-corrected chi connectivity index (χ2v) is 9.77. The van der Waals surface area contributed by atoms with E-state index in [1.165, 1.54) is 0 Å². The van der Waals surface area contributed by atoms with Crippen molar-refractivity contribution in [3.63, 3.8) is 0 Å². The molecule has 0 radical (unpaired) electrons. The molecule has 1 aliphatic rings. The highest BCUT2D eigenvalue weighted by atomic mass is 16.5. The number of aliphatic hydroxyl groups excluding tert-OH is 1. The highest BCUT2D eigenvalue weighted by Crippen LogP contribution is 2.44. The van der Waals surface area contributed by atoms with Crippen LogP contribution >= 0.6 is 0 Å². The smallest absolute Gasteiger partial charge is 0.407 e. The lowest BCUT2D eigenvalue weighted by Crippen LogP contribution is -2.53. The number of rotatable bonds is 9. The van der Waals surface area contributed by atoms with Crippen LogP contribution in [0.15, 0.2) is 72.8 Å². The number of alkyl carbamates (subject to hydrolysis) is 1. The van der Waals surface area contributed by atoms with Gasteiger partial charge < -0.3 is 25.8 Å². The number of carbonyl (C=O) groups is 3. The molecule has 198 valence electrons. The van der Waals surface area contributed by atoms with Gasteiger partial charge in [-0.25, -0.2) is 4.79 Å². The highest BCUT2D eigenvalue weighted by Gasteiger charge is 2.31. The van der Waals surface area contributed by atoms with Crippen molar-refractivity contribution in [2.75, 3.05) is 11.9 Å². The summed E-state index contributed by atoms with van der Waals surface area (Å²) in [6.07, 6.45) is -0.693. The van der Waals surface area contributed by atoms with E-state index in [-0.39, 0.29) is 25.0 Å². The fourth-order valence-corrected chi connectivity index (χ4v) is 4.61. The number of hydrogen-bond acceptors (Lipinski definition) is 5. The predicted octanol–water partition coefficient (Wildman–Crippen LogP) is 4.19. The first kappa shape index (κ1) is 26.9. The Morgan fingerprint density at radius 3 is 1.95 bits per heavy atom. The molecule has 0 bridgehead atoms. The number of carbonyl (C=O) groups excluding carboxylic acids is 3. The second kappa shape index (κ2) is 11.9. The number of amides is 3. The quantitative estimate of drug-likeness (QED) is 0.341. The fourth-order valence-electron chi connectivity index (χ4n) is 4.61. The van der Waals surface area contributed by atoms with Crippen molar-refractivity contribution in [2.24, 2.45) is 5.92 Å². The molecule has 3 aromatic carbocycles. The van der Waals surface area contributed by atoms with Crippen LogP contribution in [0.1, 0.15) is 43.4 Å². The zero-order chi connectivity index (χ0) is 27.2. The molecule has 0 aromatic heterocycles. The molecular formula is C30H33N3O5. The van der Waals surface area contributed by atoms with Crippen molar-refractivity contribution >= 4 is 23.6 Å². The lowest BCUT2D eigenvalue weighted by atomic mass is 9.98. The van der Waals surface area contributed by atoms with Crippen LogP contribution < -0.4 is 16.0 Å². The number of nitrogens with one attached hydrogen (secondary N) is 3. The lowest BCUT2D eigenvalue weighted by Gasteiger charge is -2.24. The minimum atomic E-state index is -0.885. The third-order valence-electron chi connectivity index (χ3n) is 6.72. The molecule has 4 N–H and O–H groups in total. The first-order valence-electron chi connectivity index (χ1n) is 12.7. The largest absolute Gasteiger partial charge is 0.449 e. The van der Waals surface area contributed by atoms with Gasteiger partial charge in [-0.15, -0.1) is 0 Å². The summed E-state index contributed by atoms with van der Waals surface area (Å²) in [5.41, 5.74) is 5.74. The first-order chi connectivity index (χ1) is 18.3. The number of benzene rings is 3. The average molecular weight is 516 g/mol. The molecule has 0 saturated heterocycles. The monoisotopic (exact) mass is 515 g/mol. The van der Waals surface area contributed by atoms with Crippen molar-refractivity contribution in [1.82, 2.24) is 10.6 Å². The van der Waals surface area contributed by atoms with Gasteiger partial charge in [0.2, 0.25) is 11.8 Å². The Morgan fingerprint density at radius 1 is 0.816 bits per heavy atom. The van der Waals surface area contributed by atoms with Crippen LogP contribution in [0.2, 0.25) is 0 Å². The van der Waals surface area contributed by atoms with E-state index < -0.39 is 30.0 Å². The molecule has 0 aliphatic heterocycles. The number of fused-ring (bicyclic) bond motifs is 3. The van der Waals surface area contributed by atoms with Crippen molar-refractivity contribution in [3.8, 4) is 11.1 Å². The van der Waals surface area contributed by atoms with Gasteiger partial charge in [-0.05, 0) is 52.8 Å². The zero-order valence-electron chi connectivity index (χ0n) is 21.7. The van der Waals surface area contributed by atoms with Crippen molar-refractivity contribution < 1.29 is 24.2 Å². The fraction of sp³-hybridized carbons (Fsp3) is 0.300. The molecule has 2 unspecified atom stereocenters. The van der Waals surface area contributed by atoms with Crippen molar-refractivity contribution in [2.45, 2.75) is 45.4 Å². The van der Waals surface area contributed by atoms with Gasteiger partial charge in [0, 0.05) is 11.6 Å². The molecular weight excluding hydrogens is 482 g/mol. The molecule has 3 aromatic rings. The molecule has 4 rings (SSSR count). The van der Waals surface area contributed by atoms with Gasteiger partial charge in [-0.1, -0.05) is 74.5 Å². The Balaban J connectivity index is 1.33. The number of hydrogen-bond donors (Lipinski definition) is 4. The van der Waals surface area contributed by atoms with E-state index in [1.807, 2.05) is 36.4 Å². The topological polar surface area (TPSA) is 117 Å². The first-order valence-corrected chi connectivity index (χ1v) is 12.7. The lowest BCUT2D eigenvalue weighted by molar-refractivity contribution is -0.128. The minimum absolute atomic E-state index is 0.0883. The van der Waals surface area contributed by atoms with Gasteiger partial charge in [0.25, 0.3) is 0 Å². The van der Waals surface area contributed by atoms with Crippen LogP contribution in [-0.4, -0.2) is 41.7 Å². The summed E-state index contributed by atoms with van der Waals surface area (Å²) in [4.78, 5) is 38.3. The Morgan fingerprint density at radius 2 is 1.39 bits per heavy atom. The number of aliphatic hydroxyl groups is 1. The van der Waals surface area contributed by atoms with E-state index in [0.29, 0.717) is 5.69 Å². The van der Waals surface area contributed by atoms with Gasteiger partial charge in [-0.2, -0.15) is 0 Å². The maximum absolute atomic E-state index is 13.0. The summed E-state index contributed by atoms with van der Waals surface area (Å²) in [7, 11) is 0. The number of anilines is 1. The molecule has 0 spiro atoms. The zero-order valence-corrected chi connectivity index (χ0v) is 21.7. The minimum Gasteiger partial charge on any atom is -0.449 e. The summed E-state index contributed by atoms with van der Waals surface area (Å²) in [5, 5.41) is 17.2. The summed E-state index contributed by atoms with van der Waals surface area (Å²) in [5.74, 6) is -1.21. The third kappa shape index (κ3) is 6.03. The normalized spacial score (nSPS) is 13.7. The van der Waals surface area contributed by atoms with E-state index in [9.17, 15) is 14.4 Å². The average Bonchev–Trinajstić information content (AvgIpc) is 3.24. The predicted molar refractivity (Wildman–Crippen MR) is 145 cm³/mol. The Hall–Kier alpha value is -4.17. The van der Waals surface area contributed by atoms with Crippen LogP contribution in [0.4, 0.5) is 10.5 Å². The Kier molecular flexibility index (Phi) is 8.43. The highest BCUT2D eigenvalue weighted by molar-refractivity contribution is 5.98. The van der Waals surface area contributed by atoms with E-state index in [4.69, 9.17) is 9.84 Å². The van der Waals surface area contributed by atoms with Crippen LogP contribution in [-0.2, 0) is 20.9 Å². The molecule has 1 aliphatic carbocycles. The van der Waals surface area contributed by atoms with E-state index in [2.05, 4.69) is 28.1 Å². The summed E-state index contributed by atoms with van der Waals surface area (Å²) in [6, 6.07) is 21.2. The van der Waals surface area contributed by atoms with Gasteiger partial charge in [0.05, 0.1) is 6.61 Å².